The standard InChI is InChI=1S/C13H24N2O.C11H20N2O.C11H20O2.C9H14N2O.C9H16O2.C7H12N2O.C7H10O2.C5H8O2.C2H8N2O/c1-12(2,3)10-9-11(13(4,5)6)15(14-10)7-8-16;1-8(2)10-7-11(9(3)4)13(12-10)5-6-14;1-10(2,3)8(12)7-9(13)11(4,5)6;1-7-8-3-2-4-9(8)11(10-7)5-6-12;1-6(2)8(10)5-9(11)7(3)4;1-6-5-7(2)9(8-6)3-4-10;1-5(8)6-3-2-4-7(6)9;1-4(6)3-5(2)7;3-4-1-2-5/h9,16H,7-8H2,1-6H3;7-9,14H,5-6H2,1-4H3;7H2,1-6H3;12H,2-6H2,1H3;6-7H,5H2,1-4H3;5,10H,3-4H2,1-2H3;6H,2-4H2,1H3;3H2,1-2H3;4-5H,1-3H2. The molecule has 0 bridgehead atoms. The summed E-state index contributed by atoms with van der Waals surface area (Å²) in [5.41, 5.74) is 12.2. The molecule has 0 aliphatic heterocycles. The summed E-state index contributed by atoms with van der Waals surface area (Å²) in [4.78, 5) is 86.6. The fraction of sp³-hybridized carbons (Fsp3) is 0.730. The minimum Gasteiger partial charge on any atom is -0.395 e. The van der Waals surface area contributed by atoms with E-state index in [9.17, 15) is 38.4 Å². The summed E-state index contributed by atoms with van der Waals surface area (Å²) in [6, 6.07) is 6.30. The number of nitrogens with one attached hydrogen (secondary N) is 1. The Balaban J connectivity index is -0.00000104. The summed E-state index contributed by atoms with van der Waals surface area (Å²) >= 11 is 0. The third-order valence-electron chi connectivity index (χ3n) is 15.1. The summed E-state index contributed by atoms with van der Waals surface area (Å²) in [7, 11) is 0. The van der Waals surface area contributed by atoms with Crippen molar-refractivity contribution in [1.82, 2.24) is 44.5 Å². The highest BCUT2D eigenvalue weighted by Crippen LogP contribution is 2.29. The predicted molar refractivity (Wildman–Crippen MR) is 385 cm³/mol. The molecule has 4 aromatic rings. The van der Waals surface area contributed by atoms with Crippen molar-refractivity contribution in [3.05, 3.63) is 69.3 Å². The number of nitrogens with zero attached hydrogens (tertiary/aromatic N) is 8. The van der Waals surface area contributed by atoms with Gasteiger partial charge in [0.05, 0.1) is 107 Å². The van der Waals surface area contributed by atoms with Crippen LogP contribution in [0.15, 0.2) is 18.2 Å². The van der Waals surface area contributed by atoms with E-state index in [0.29, 0.717) is 51.0 Å². The van der Waals surface area contributed by atoms with E-state index in [-0.39, 0.29) is 127 Å². The summed E-state index contributed by atoms with van der Waals surface area (Å²) in [5, 5.41) is 60.9. The molecule has 0 amide bonds. The first-order chi connectivity index (χ1) is 44.5. The molecule has 23 heteroatoms. The Morgan fingerprint density at radius 1 is 0.546 bits per heavy atom. The molecule has 97 heavy (non-hydrogen) atoms. The van der Waals surface area contributed by atoms with Crippen molar-refractivity contribution < 1.29 is 63.9 Å². The SMILES string of the molecule is CC(=O)C1CCCC1=O.CC(=O)CC(C)=O.CC(C)(C)C(=O)CC(=O)C(C)(C)C.CC(C)(C)c1cc(C(C)(C)C)n(CCO)n1.CC(C)C(=O)CC(=O)C(C)C.CC(C)c1cc(C(C)C)n(CCO)n1.Cc1cc(C)n(CCO)n1.Cc1nn(CCO)c2c1CCC2.NNCCO. The first-order valence-electron chi connectivity index (χ1n) is 34.4. The van der Waals surface area contributed by atoms with Crippen LogP contribution in [0, 0.1) is 49.4 Å². The van der Waals surface area contributed by atoms with Gasteiger partial charge in [0, 0.05) is 69.2 Å². The number of aryl methyl sites for hydroxylation is 3. The number of carbonyl (C=O) groups excluding carboxylic acids is 8. The molecule has 4 heterocycles. The zero-order chi connectivity index (χ0) is 76.1. The van der Waals surface area contributed by atoms with Crippen molar-refractivity contribution in [3.8, 4) is 0 Å². The first-order valence-corrected chi connectivity index (χ1v) is 34.4. The maximum Gasteiger partial charge on any atom is 0.145 e. The van der Waals surface area contributed by atoms with Crippen LogP contribution >= 0.6 is 0 Å². The van der Waals surface area contributed by atoms with E-state index in [0.717, 1.165) is 47.7 Å². The van der Waals surface area contributed by atoms with Gasteiger partial charge in [-0.15, -0.1) is 0 Å². The topological polar surface area (TPSA) is 347 Å². The van der Waals surface area contributed by atoms with Crippen molar-refractivity contribution in [2.45, 2.75) is 287 Å². The molecule has 1 unspecified atom stereocenters. The van der Waals surface area contributed by atoms with Crippen LogP contribution in [0.1, 0.15) is 267 Å². The van der Waals surface area contributed by atoms with Gasteiger partial charge in [0.1, 0.15) is 46.3 Å². The average Bonchev–Trinajstić information content (AvgIpc) is 1.67. The summed E-state index contributed by atoms with van der Waals surface area (Å²) in [6.07, 6.45) is 6.12. The van der Waals surface area contributed by atoms with Crippen molar-refractivity contribution >= 4 is 46.3 Å². The quantitative estimate of drug-likeness (QED) is 0.0232. The number of ketones is 8. The molecule has 0 spiro atoms. The lowest BCUT2D eigenvalue weighted by molar-refractivity contribution is -0.135. The summed E-state index contributed by atoms with van der Waals surface area (Å²) in [5.74, 6) is 5.55. The normalized spacial score (nSPS) is 13.2. The van der Waals surface area contributed by atoms with Gasteiger partial charge >= 0.3 is 0 Å². The number of rotatable bonds is 21. The van der Waals surface area contributed by atoms with Crippen LogP contribution < -0.4 is 11.3 Å². The molecule has 556 valence electrons. The van der Waals surface area contributed by atoms with E-state index in [1.54, 1.807) is 4.68 Å². The number of aromatic nitrogens is 8. The highest BCUT2D eigenvalue weighted by atomic mass is 16.3. The third kappa shape index (κ3) is 39.9. The van der Waals surface area contributed by atoms with E-state index in [1.807, 2.05) is 103 Å². The monoisotopic (exact) mass is 1370 g/mol. The van der Waals surface area contributed by atoms with Crippen molar-refractivity contribution in [3.63, 3.8) is 0 Å². The van der Waals surface area contributed by atoms with Gasteiger partial charge in [-0.05, 0) is 109 Å². The second kappa shape index (κ2) is 47.1. The number of aliphatic hydroxyl groups excluding tert-OH is 5. The molecular formula is C74H132N10O13. The Kier molecular flexibility index (Phi) is 46.1. The molecule has 8 N–H and O–H groups in total. The van der Waals surface area contributed by atoms with Crippen LogP contribution in [0.5, 0.6) is 0 Å². The highest BCUT2D eigenvalue weighted by molar-refractivity contribution is 6.03. The highest BCUT2D eigenvalue weighted by Gasteiger charge is 2.30. The molecule has 0 radical (unpaired) electrons. The molecule has 4 aromatic heterocycles. The van der Waals surface area contributed by atoms with E-state index in [4.69, 9.17) is 31.4 Å². The number of hydrogen-bond donors (Lipinski definition) is 7. The van der Waals surface area contributed by atoms with Gasteiger partial charge in [-0.25, -0.2) is 0 Å². The van der Waals surface area contributed by atoms with Crippen molar-refractivity contribution in [2.24, 2.45) is 34.4 Å². The maximum atomic E-state index is 11.5. The Morgan fingerprint density at radius 2 is 1.02 bits per heavy atom. The van der Waals surface area contributed by atoms with E-state index >= 15 is 0 Å². The van der Waals surface area contributed by atoms with Gasteiger partial charge in [-0.1, -0.05) is 138 Å². The number of hydrogen-bond acceptors (Lipinski definition) is 19. The molecule has 1 atom stereocenters. The number of Topliss-reactive ketones (excluding diaryl/α,β-unsaturated/α-hetero) is 8. The van der Waals surface area contributed by atoms with Gasteiger partial charge in [0.25, 0.3) is 0 Å². The molecule has 23 nitrogen and oxygen atoms in total. The average molecular weight is 1370 g/mol. The lowest BCUT2D eigenvalue weighted by atomic mass is 9.82. The minimum atomic E-state index is -0.402. The van der Waals surface area contributed by atoms with Gasteiger partial charge in [0.15, 0.2) is 0 Å². The molecular weight excluding hydrogens is 1240 g/mol. The van der Waals surface area contributed by atoms with Crippen molar-refractivity contribution in [1.29, 1.82) is 0 Å². The van der Waals surface area contributed by atoms with Gasteiger partial charge in [0.2, 0.25) is 0 Å². The van der Waals surface area contributed by atoms with Gasteiger partial charge < -0.3 is 25.5 Å². The molecule has 2 aliphatic rings. The number of aliphatic hydroxyl groups is 5. The fourth-order valence-corrected chi connectivity index (χ4v) is 9.02. The van der Waals surface area contributed by atoms with Crippen LogP contribution in [-0.2, 0) is 88.2 Å². The zero-order valence-corrected chi connectivity index (χ0v) is 64.7. The Labute approximate surface area is 582 Å². The van der Waals surface area contributed by atoms with Crippen LogP contribution in [0.2, 0.25) is 0 Å². The van der Waals surface area contributed by atoms with E-state index < -0.39 is 10.8 Å². The van der Waals surface area contributed by atoms with Crippen LogP contribution in [-0.4, -0.2) is 150 Å². The largest absolute Gasteiger partial charge is 0.395 e. The predicted octanol–water partition coefficient (Wildman–Crippen LogP) is 10.1. The Hall–Kier alpha value is -6.08. The lowest BCUT2D eigenvalue weighted by Crippen LogP contribution is -2.28. The molecule has 0 saturated heterocycles. The number of hydrazine groups is 1. The Bertz CT molecular complexity index is 2930. The summed E-state index contributed by atoms with van der Waals surface area (Å²) in [6.45, 7) is 53.8. The van der Waals surface area contributed by atoms with Crippen molar-refractivity contribution in [2.75, 3.05) is 39.6 Å². The Morgan fingerprint density at radius 3 is 1.34 bits per heavy atom. The van der Waals surface area contributed by atoms with Crippen LogP contribution in [0.25, 0.3) is 0 Å². The second-order valence-corrected chi connectivity index (χ2v) is 30.0. The molecule has 2 aliphatic carbocycles. The number of carbonyl (C=O) groups is 8. The van der Waals surface area contributed by atoms with E-state index in [2.05, 4.69) is 114 Å². The minimum absolute atomic E-state index is 0.0160. The first kappa shape index (κ1) is 95.1. The molecule has 1 saturated carbocycles. The maximum absolute atomic E-state index is 11.5. The molecule has 1 fully saturated rings. The smallest absolute Gasteiger partial charge is 0.145 e. The molecule has 6 rings (SSSR count). The second-order valence-electron chi connectivity index (χ2n) is 30.0. The number of fused-ring (bicyclic) bond motifs is 1. The van der Waals surface area contributed by atoms with E-state index in [1.165, 1.54) is 56.3 Å². The lowest BCUT2D eigenvalue weighted by Gasteiger charge is -2.20. The molecule has 0 aromatic carbocycles. The van der Waals surface area contributed by atoms with Crippen LogP contribution in [0.3, 0.4) is 0 Å². The van der Waals surface area contributed by atoms with Gasteiger partial charge in [-0.2, -0.15) is 20.4 Å². The summed E-state index contributed by atoms with van der Waals surface area (Å²) < 4.78 is 7.60. The van der Waals surface area contributed by atoms with Crippen LogP contribution in [0.4, 0.5) is 0 Å². The number of nitrogens with two attached hydrogens (primary N) is 1. The zero-order valence-electron chi connectivity index (χ0n) is 64.7. The fourth-order valence-electron chi connectivity index (χ4n) is 9.02. The third-order valence-corrected chi connectivity index (χ3v) is 15.1. The van der Waals surface area contributed by atoms with Gasteiger partial charge in [-0.3, -0.25) is 68.4 Å².